The predicted molar refractivity (Wildman–Crippen MR) is 88.4 cm³/mol. The monoisotopic (exact) mass is 306 g/mol. The van der Waals surface area contributed by atoms with Gasteiger partial charge in [0.05, 0.1) is 29.4 Å². The van der Waals surface area contributed by atoms with Crippen LogP contribution in [-0.4, -0.2) is 19.7 Å². The Kier molecular flexibility index (Phi) is 3.01. The molecule has 23 heavy (non-hydrogen) atoms. The lowest BCUT2D eigenvalue weighted by molar-refractivity contribution is 0.619. The summed E-state index contributed by atoms with van der Waals surface area (Å²) in [5.41, 5.74) is 5.37. The number of rotatable bonds is 2. The van der Waals surface area contributed by atoms with Crippen molar-refractivity contribution < 1.29 is 4.39 Å². The first-order chi connectivity index (χ1) is 11.1. The van der Waals surface area contributed by atoms with Crippen molar-refractivity contribution in [3.05, 3.63) is 60.3 Å². The smallest absolute Gasteiger partial charge is 0.126 e. The summed E-state index contributed by atoms with van der Waals surface area (Å²) in [5.74, 6) is -0.204. The van der Waals surface area contributed by atoms with E-state index < -0.39 is 0 Å². The van der Waals surface area contributed by atoms with Gasteiger partial charge in [-0.25, -0.2) is 9.37 Å². The van der Waals surface area contributed by atoms with Crippen LogP contribution in [0.3, 0.4) is 0 Å². The molecule has 0 spiro atoms. The Balaban J connectivity index is 1.91. The highest BCUT2D eigenvalue weighted by Gasteiger charge is 2.15. The number of hydrogen-bond acceptors (Lipinski definition) is 2. The minimum absolute atomic E-state index is 0.204. The molecular weight excluding hydrogens is 291 g/mol. The molecule has 0 atom stereocenters. The molecule has 0 fully saturated rings. The van der Waals surface area contributed by atoms with Crippen LogP contribution >= 0.6 is 0 Å². The average Bonchev–Trinajstić information content (AvgIpc) is 3.15. The van der Waals surface area contributed by atoms with E-state index in [1.165, 1.54) is 6.07 Å². The number of halogens is 1. The minimum Gasteiger partial charge on any atom is -0.333 e. The third kappa shape index (κ3) is 2.21. The van der Waals surface area contributed by atoms with Gasteiger partial charge in [-0.3, -0.25) is 5.10 Å². The number of aromatic nitrogens is 4. The molecular formula is C18H15FN4. The van der Waals surface area contributed by atoms with Crippen molar-refractivity contribution in [1.82, 2.24) is 19.7 Å². The summed E-state index contributed by atoms with van der Waals surface area (Å²) in [7, 11) is 1.96. The van der Waals surface area contributed by atoms with Crippen LogP contribution in [0.25, 0.3) is 33.4 Å². The molecule has 0 bridgehead atoms. The van der Waals surface area contributed by atoms with Crippen LogP contribution in [0.5, 0.6) is 0 Å². The largest absolute Gasteiger partial charge is 0.333 e. The third-order valence-corrected chi connectivity index (χ3v) is 4.08. The lowest BCUT2D eigenvalue weighted by Gasteiger charge is -2.08. The first kappa shape index (κ1) is 13.7. The van der Waals surface area contributed by atoms with Gasteiger partial charge in [-0.05, 0) is 36.8 Å². The molecule has 0 aliphatic heterocycles. The molecule has 2 aromatic heterocycles. The highest BCUT2D eigenvalue weighted by molar-refractivity contribution is 5.87. The molecule has 4 rings (SSSR count). The van der Waals surface area contributed by atoms with Crippen molar-refractivity contribution >= 4 is 10.9 Å². The summed E-state index contributed by atoms with van der Waals surface area (Å²) in [5, 5.41) is 8.11. The number of fused-ring (bicyclic) bond motifs is 1. The number of hydrogen-bond donors (Lipinski definition) is 1. The van der Waals surface area contributed by atoms with Gasteiger partial charge in [0.15, 0.2) is 0 Å². The van der Waals surface area contributed by atoms with E-state index >= 15 is 0 Å². The first-order valence-corrected chi connectivity index (χ1v) is 7.35. The summed E-state index contributed by atoms with van der Waals surface area (Å²) < 4.78 is 15.5. The van der Waals surface area contributed by atoms with Crippen molar-refractivity contribution in [2.24, 2.45) is 7.05 Å². The molecule has 1 N–H and O–H groups in total. The van der Waals surface area contributed by atoms with E-state index in [1.54, 1.807) is 25.5 Å². The summed E-state index contributed by atoms with van der Waals surface area (Å²) in [6.45, 7) is 1.76. The normalized spacial score (nSPS) is 11.3. The van der Waals surface area contributed by atoms with E-state index in [4.69, 9.17) is 0 Å². The van der Waals surface area contributed by atoms with E-state index in [1.807, 2.05) is 23.7 Å². The Morgan fingerprint density at radius 2 is 1.91 bits per heavy atom. The molecule has 0 saturated heterocycles. The van der Waals surface area contributed by atoms with Crippen LogP contribution in [0.4, 0.5) is 4.39 Å². The van der Waals surface area contributed by atoms with Crippen LogP contribution in [0.1, 0.15) is 5.56 Å². The lowest BCUT2D eigenvalue weighted by Crippen LogP contribution is -1.92. The standard InChI is InChI=1S/C18H15FN4/c1-11-7-12(5-6-15(11)19)17-18(23(2)10-20-17)13-3-4-14-9-21-22-16(14)8-13/h3-10H,1-2H3,(H,21,22). The number of aryl methyl sites for hydroxylation is 2. The predicted octanol–water partition coefficient (Wildman–Crippen LogP) is 4.08. The zero-order chi connectivity index (χ0) is 16.0. The van der Waals surface area contributed by atoms with Crippen LogP contribution in [-0.2, 0) is 7.05 Å². The minimum atomic E-state index is -0.204. The molecule has 2 heterocycles. The van der Waals surface area contributed by atoms with E-state index in [2.05, 4.69) is 27.3 Å². The maximum absolute atomic E-state index is 13.5. The van der Waals surface area contributed by atoms with Gasteiger partial charge in [0.2, 0.25) is 0 Å². The van der Waals surface area contributed by atoms with E-state index in [9.17, 15) is 4.39 Å². The van der Waals surface area contributed by atoms with Crippen molar-refractivity contribution in [2.45, 2.75) is 6.92 Å². The maximum atomic E-state index is 13.5. The van der Waals surface area contributed by atoms with Crippen LogP contribution < -0.4 is 0 Å². The summed E-state index contributed by atoms with van der Waals surface area (Å²) in [6.07, 6.45) is 3.58. The molecule has 0 aliphatic carbocycles. The molecule has 0 saturated carbocycles. The Morgan fingerprint density at radius 1 is 1.09 bits per heavy atom. The van der Waals surface area contributed by atoms with Gasteiger partial charge in [-0.1, -0.05) is 12.1 Å². The SMILES string of the molecule is Cc1cc(-c2ncn(C)c2-c2ccc3cn[nH]c3c2)ccc1F. The van der Waals surface area contributed by atoms with Gasteiger partial charge >= 0.3 is 0 Å². The Labute approximate surface area is 132 Å². The number of benzene rings is 2. The zero-order valence-corrected chi connectivity index (χ0v) is 12.8. The quantitative estimate of drug-likeness (QED) is 0.606. The first-order valence-electron chi connectivity index (χ1n) is 7.35. The fourth-order valence-corrected chi connectivity index (χ4v) is 2.86. The van der Waals surface area contributed by atoms with Crippen molar-refractivity contribution in [1.29, 1.82) is 0 Å². The summed E-state index contributed by atoms with van der Waals surface area (Å²) >= 11 is 0. The van der Waals surface area contributed by atoms with Crippen LogP contribution in [0.15, 0.2) is 48.9 Å². The van der Waals surface area contributed by atoms with Gasteiger partial charge in [0, 0.05) is 23.6 Å². The van der Waals surface area contributed by atoms with Crippen molar-refractivity contribution in [2.75, 3.05) is 0 Å². The van der Waals surface area contributed by atoms with Gasteiger partial charge in [0.25, 0.3) is 0 Å². The molecule has 114 valence electrons. The number of H-pyrrole nitrogens is 1. The molecule has 4 aromatic rings. The molecule has 0 amide bonds. The fraction of sp³-hybridized carbons (Fsp3) is 0.111. The Bertz CT molecular complexity index is 1010. The van der Waals surface area contributed by atoms with Gasteiger partial charge in [-0.2, -0.15) is 5.10 Å². The highest BCUT2D eigenvalue weighted by Crippen LogP contribution is 2.32. The number of imidazole rings is 1. The Hall–Kier alpha value is -2.95. The lowest BCUT2D eigenvalue weighted by atomic mass is 10.0. The van der Waals surface area contributed by atoms with E-state index in [0.29, 0.717) is 5.56 Å². The second-order valence-corrected chi connectivity index (χ2v) is 5.69. The van der Waals surface area contributed by atoms with Gasteiger partial charge in [-0.15, -0.1) is 0 Å². The third-order valence-electron chi connectivity index (χ3n) is 4.08. The van der Waals surface area contributed by atoms with E-state index in [-0.39, 0.29) is 5.82 Å². The molecule has 2 aromatic carbocycles. The average molecular weight is 306 g/mol. The molecule has 4 nitrogen and oxygen atoms in total. The van der Waals surface area contributed by atoms with Crippen LogP contribution in [0.2, 0.25) is 0 Å². The highest BCUT2D eigenvalue weighted by atomic mass is 19.1. The molecule has 0 radical (unpaired) electrons. The second kappa shape index (κ2) is 5.05. The summed E-state index contributed by atoms with van der Waals surface area (Å²) in [6, 6.07) is 11.2. The maximum Gasteiger partial charge on any atom is 0.126 e. The van der Waals surface area contributed by atoms with Crippen molar-refractivity contribution in [3.63, 3.8) is 0 Å². The number of aromatic amines is 1. The topological polar surface area (TPSA) is 46.5 Å². The number of nitrogens with zero attached hydrogens (tertiary/aromatic N) is 3. The molecule has 5 heteroatoms. The Morgan fingerprint density at radius 3 is 2.74 bits per heavy atom. The second-order valence-electron chi connectivity index (χ2n) is 5.69. The van der Waals surface area contributed by atoms with Gasteiger partial charge in [0.1, 0.15) is 5.82 Å². The number of nitrogens with one attached hydrogen (secondary N) is 1. The van der Waals surface area contributed by atoms with E-state index in [0.717, 1.165) is 33.4 Å². The fourth-order valence-electron chi connectivity index (χ4n) is 2.86. The molecule has 0 unspecified atom stereocenters. The summed E-state index contributed by atoms with van der Waals surface area (Å²) in [4.78, 5) is 4.52. The van der Waals surface area contributed by atoms with Crippen LogP contribution in [0, 0.1) is 12.7 Å². The van der Waals surface area contributed by atoms with Crippen molar-refractivity contribution in [3.8, 4) is 22.5 Å². The van der Waals surface area contributed by atoms with Gasteiger partial charge < -0.3 is 4.57 Å². The molecule has 0 aliphatic rings. The zero-order valence-electron chi connectivity index (χ0n) is 12.8.